The molecule has 0 N–H and O–H groups in total. The van der Waals surface area contributed by atoms with Gasteiger partial charge in [-0.2, -0.15) is 0 Å². The van der Waals surface area contributed by atoms with Crippen molar-refractivity contribution in [2.24, 2.45) is 0 Å². The van der Waals surface area contributed by atoms with Gasteiger partial charge in [-0.1, -0.05) is 12.1 Å². The maximum absolute atomic E-state index is 11.7. The highest BCUT2D eigenvalue weighted by Gasteiger charge is 2.28. The van der Waals surface area contributed by atoms with E-state index in [0.717, 1.165) is 11.3 Å². The Balaban J connectivity index is 2.08. The Morgan fingerprint density at radius 3 is 2.61 bits per heavy atom. The average molecular weight is 268 g/mol. The fraction of sp³-hybridized carbons (Fsp3) is 0.385. The fourth-order valence-electron chi connectivity index (χ4n) is 1.95. The summed E-state index contributed by atoms with van der Waals surface area (Å²) in [5, 5.41) is -0.118. The van der Waals surface area contributed by atoms with Gasteiger partial charge in [-0.05, 0) is 17.7 Å². The largest absolute Gasteiger partial charge is 0.469 e. The molecule has 0 aromatic heterocycles. The molecule has 1 amide bonds. The maximum Gasteiger partial charge on any atom is 0.309 e. The lowest BCUT2D eigenvalue weighted by molar-refractivity contribution is -0.139. The molecule has 4 nitrogen and oxygen atoms in total. The van der Waals surface area contributed by atoms with Crippen molar-refractivity contribution < 1.29 is 14.3 Å². The fourth-order valence-corrected chi connectivity index (χ4v) is 2.22. The minimum Gasteiger partial charge on any atom is -0.469 e. The highest BCUT2D eigenvalue weighted by atomic mass is 35.5. The molecule has 1 aliphatic rings. The van der Waals surface area contributed by atoms with Crippen molar-refractivity contribution in [2.75, 3.05) is 18.6 Å². The number of carbonyl (C=O) groups is 2. The summed E-state index contributed by atoms with van der Waals surface area (Å²) in [6.07, 6.45) is 0.619. The number of rotatable bonds is 3. The third kappa shape index (κ3) is 2.82. The summed E-state index contributed by atoms with van der Waals surface area (Å²) in [6.45, 7) is 0.538. The predicted molar refractivity (Wildman–Crippen MR) is 68.8 cm³/mol. The average Bonchev–Trinajstić information content (AvgIpc) is 2.69. The van der Waals surface area contributed by atoms with E-state index < -0.39 is 0 Å². The Kier molecular flexibility index (Phi) is 3.87. The number of amides is 1. The van der Waals surface area contributed by atoms with Crippen LogP contribution < -0.4 is 4.90 Å². The molecule has 2 rings (SSSR count). The van der Waals surface area contributed by atoms with Gasteiger partial charge >= 0.3 is 5.97 Å². The Labute approximate surface area is 110 Å². The normalized spacial score (nSPS) is 19.1. The van der Waals surface area contributed by atoms with Crippen LogP contribution in [0, 0.1) is 0 Å². The van der Waals surface area contributed by atoms with E-state index in [1.807, 2.05) is 24.3 Å². The molecule has 96 valence electrons. The number of alkyl halides is 1. The molecule has 5 heteroatoms. The standard InChI is InChI=1S/C13H14ClNO3/c1-18-13(17)6-9-2-4-11(5-3-9)15-8-10(14)7-12(15)16/h2-5,10H,6-8H2,1H3. The smallest absolute Gasteiger partial charge is 0.309 e. The Bertz CT molecular complexity index is 458. The third-order valence-corrected chi connectivity index (χ3v) is 3.19. The number of benzene rings is 1. The van der Waals surface area contributed by atoms with Gasteiger partial charge in [0.05, 0.1) is 18.9 Å². The van der Waals surface area contributed by atoms with E-state index in [4.69, 9.17) is 11.6 Å². The quantitative estimate of drug-likeness (QED) is 0.619. The lowest BCUT2D eigenvalue weighted by atomic mass is 10.1. The van der Waals surface area contributed by atoms with Crippen molar-refractivity contribution in [1.29, 1.82) is 0 Å². The highest BCUT2D eigenvalue weighted by Crippen LogP contribution is 2.24. The van der Waals surface area contributed by atoms with E-state index in [1.54, 1.807) is 4.90 Å². The molecule has 1 unspecified atom stereocenters. The molecule has 1 saturated heterocycles. The van der Waals surface area contributed by atoms with Crippen LogP contribution in [0.5, 0.6) is 0 Å². The summed E-state index contributed by atoms with van der Waals surface area (Å²) in [7, 11) is 1.36. The monoisotopic (exact) mass is 267 g/mol. The van der Waals surface area contributed by atoms with E-state index >= 15 is 0 Å². The first-order valence-electron chi connectivity index (χ1n) is 5.70. The lowest BCUT2D eigenvalue weighted by Crippen LogP contribution is -2.24. The summed E-state index contributed by atoms with van der Waals surface area (Å²) in [4.78, 5) is 24.4. The van der Waals surface area contributed by atoms with Crippen LogP contribution in [0.3, 0.4) is 0 Å². The van der Waals surface area contributed by atoms with Gasteiger partial charge in [0.2, 0.25) is 5.91 Å². The van der Waals surface area contributed by atoms with Crippen LogP contribution >= 0.6 is 11.6 Å². The first kappa shape index (κ1) is 12.9. The van der Waals surface area contributed by atoms with Crippen molar-refractivity contribution in [3.63, 3.8) is 0 Å². The van der Waals surface area contributed by atoms with Gasteiger partial charge in [0, 0.05) is 18.7 Å². The SMILES string of the molecule is COC(=O)Cc1ccc(N2CC(Cl)CC2=O)cc1. The second-order valence-corrected chi connectivity index (χ2v) is 4.84. The molecule has 0 spiro atoms. The van der Waals surface area contributed by atoms with Crippen LogP contribution in [0.25, 0.3) is 0 Å². The van der Waals surface area contributed by atoms with E-state index in [1.165, 1.54) is 7.11 Å². The zero-order valence-corrected chi connectivity index (χ0v) is 10.8. The van der Waals surface area contributed by atoms with Crippen LogP contribution in [0.2, 0.25) is 0 Å². The second-order valence-electron chi connectivity index (χ2n) is 4.23. The number of esters is 1. The molecule has 0 saturated carbocycles. The number of methoxy groups -OCH3 is 1. The van der Waals surface area contributed by atoms with Crippen molar-refractivity contribution >= 4 is 29.2 Å². The molecule has 1 atom stereocenters. The number of nitrogens with zero attached hydrogens (tertiary/aromatic N) is 1. The molecule has 1 aromatic carbocycles. The molecule has 1 aromatic rings. The second kappa shape index (κ2) is 5.40. The van der Waals surface area contributed by atoms with Gasteiger partial charge in [0.25, 0.3) is 0 Å². The van der Waals surface area contributed by atoms with E-state index in [2.05, 4.69) is 4.74 Å². The van der Waals surface area contributed by atoms with Crippen LogP contribution in [0.1, 0.15) is 12.0 Å². The van der Waals surface area contributed by atoms with Gasteiger partial charge < -0.3 is 9.64 Å². The van der Waals surface area contributed by atoms with Crippen LogP contribution in [-0.2, 0) is 20.7 Å². The minimum absolute atomic E-state index is 0.0377. The summed E-state index contributed by atoms with van der Waals surface area (Å²) >= 11 is 5.95. The van der Waals surface area contributed by atoms with Gasteiger partial charge in [-0.3, -0.25) is 9.59 Å². The van der Waals surface area contributed by atoms with Crippen molar-refractivity contribution in [3.8, 4) is 0 Å². The van der Waals surface area contributed by atoms with Crippen LogP contribution in [0.4, 0.5) is 5.69 Å². The van der Waals surface area contributed by atoms with E-state index in [-0.39, 0.29) is 23.7 Å². The van der Waals surface area contributed by atoms with Crippen molar-refractivity contribution in [1.82, 2.24) is 0 Å². The minimum atomic E-state index is -0.277. The van der Waals surface area contributed by atoms with Gasteiger partial charge in [-0.25, -0.2) is 0 Å². The molecule has 0 bridgehead atoms. The van der Waals surface area contributed by atoms with E-state index in [9.17, 15) is 9.59 Å². The molecule has 18 heavy (non-hydrogen) atoms. The first-order valence-corrected chi connectivity index (χ1v) is 6.14. The Hall–Kier alpha value is -1.55. The predicted octanol–water partition coefficient (Wildman–Crippen LogP) is 1.75. The number of hydrogen-bond acceptors (Lipinski definition) is 3. The number of hydrogen-bond donors (Lipinski definition) is 0. The zero-order valence-electron chi connectivity index (χ0n) is 10.1. The van der Waals surface area contributed by atoms with Crippen molar-refractivity contribution in [3.05, 3.63) is 29.8 Å². The topological polar surface area (TPSA) is 46.6 Å². The summed E-state index contributed by atoms with van der Waals surface area (Å²) in [5.74, 6) is -0.239. The first-order chi connectivity index (χ1) is 8.60. The zero-order chi connectivity index (χ0) is 13.1. The molecule has 0 aliphatic carbocycles. The maximum atomic E-state index is 11.7. The van der Waals surface area contributed by atoms with Crippen molar-refractivity contribution in [2.45, 2.75) is 18.2 Å². The van der Waals surface area contributed by atoms with Gasteiger partial charge in [0.1, 0.15) is 0 Å². The molecule has 1 fully saturated rings. The molecule has 0 radical (unpaired) electrons. The van der Waals surface area contributed by atoms with Gasteiger partial charge in [-0.15, -0.1) is 11.6 Å². The molecule has 1 aliphatic heterocycles. The lowest BCUT2D eigenvalue weighted by Gasteiger charge is -2.16. The summed E-state index contributed by atoms with van der Waals surface area (Å²) in [6, 6.07) is 7.29. The third-order valence-electron chi connectivity index (χ3n) is 2.90. The van der Waals surface area contributed by atoms with Gasteiger partial charge in [0.15, 0.2) is 0 Å². The Morgan fingerprint density at radius 1 is 1.44 bits per heavy atom. The summed E-state index contributed by atoms with van der Waals surface area (Å²) in [5.41, 5.74) is 1.68. The van der Waals surface area contributed by atoms with E-state index in [0.29, 0.717) is 13.0 Å². The number of anilines is 1. The molecule has 1 heterocycles. The number of ether oxygens (including phenoxy) is 1. The highest BCUT2D eigenvalue weighted by molar-refractivity contribution is 6.24. The Morgan fingerprint density at radius 2 is 2.11 bits per heavy atom. The molecular formula is C13H14ClNO3. The van der Waals surface area contributed by atoms with Crippen LogP contribution in [0.15, 0.2) is 24.3 Å². The molecular weight excluding hydrogens is 254 g/mol. The number of carbonyl (C=O) groups excluding carboxylic acids is 2. The number of halogens is 1. The van der Waals surface area contributed by atoms with Crippen LogP contribution in [-0.4, -0.2) is 30.9 Å². The summed E-state index contributed by atoms with van der Waals surface area (Å²) < 4.78 is 4.59.